The molecule has 0 bridgehead atoms. The highest BCUT2D eigenvalue weighted by molar-refractivity contribution is 7.17. The average Bonchev–Trinajstić information content (AvgIpc) is 3.81. The summed E-state index contributed by atoms with van der Waals surface area (Å²) in [7, 11) is 0. The summed E-state index contributed by atoms with van der Waals surface area (Å²) in [5.41, 5.74) is 2.07. The lowest BCUT2D eigenvalue weighted by atomic mass is 9.83. The number of nitrogens with one attached hydrogen (secondary N) is 3. The van der Waals surface area contributed by atoms with E-state index in [1.54, 1.807) is 23.1 Å². The number of rotatable bonds is 12. The second-order valence-corrected chi connectivity index (χ2v) is 17.8. The van der Waals surface area contributed by atoms with Crippen LogP contribution in [-0.2, 0) is 25.5 Å². The van der Waals surface area contributed by atoms with Crippen LogP contribution in [0, 0.1) is 13.8 Å². The van der Waals surface area contributed by atoms with Gasteiger partial charge >= 0.3 is 0 Å². The number of aromatic nitrogens is 3. The third kappa shape index (κ3) is 8.69. The molecule has 1 spiro atoms. The first-order chi connectivity index (χ1) is 30.3. The number of fused-ring (bicyclic) bond motifs is 2. The van der Waals surface area contributed by atoms with Crippen molar-refractivity contribution in [2.75, 3.05) is 74.6 Å². The maximum absolute atomic E-state index is 13.3. The molecule has 9 rings (SSSR count). The molecule has 0 aliphatic carbocycles. The highest BCUT2D eigenvalue weighted by Gasteiger charge is 2.50. The van der Waals surface area contributed by atoms with E-state index in [-0.39, 0.29) is 42.2 Å². The summed E-state index contributed by atoms with van der Waals surface area (Å²) in [5.74, 6) is -0.0298. The van der Waals surface area contributed by atoms with E-state index in [1.165, 1.54) is 17.5 Å². The Balaban J connectivity index is 0.688. The topological polar surface area (TPSA) is 209 Å². The van der Waals surface area contributed by atoms with E-state index in [1.807, 2.05) is 32.0 Å². The molecule has 5 aliphatic heterocycles. The minimum atomic E-state index is -1.03. The molecule has 0 radical (unpaired) electrons. The minimum Gasteiger partial charge on any atom is -0.483 e. The van der Waals surface area contributed by atoms with E-state index in [9.17, 15) is 28.8 Å². The molecule has 1 atom stereocenters. The lowest BCUT2D eigenvalue weighted by Gasteiger charge is -2.51. The molecule has 3 N–H and O–H groups in total. The number of thiazole rings is 1. The number of anilines is 4. The van der Waals surface area contributed by atoms with Gasteiger partial charge in [-0.1, -0.05) is 35.1 Å². The maximum Gasteiger partial charge on any atom is 0.267 e. The van der Waals surface area contributed by atoms with Crippen LogP contribution in [0.25, 0.3) is 0 Å². The third-order valence-corrected chi connectivity index (χ3v) is 13.3. The number of aryl methyl sites for hydroxylation is 3. The largest absolute Gasteiger partial charge is 0.483 e. The van der Waals surface area contributed by atoms with Crippen molar-refractivity contribution in [3.8, 4) is 5.75 Å². The predicted octanol–water partition coefficient (Wildman–Crippen LogP) is 3.74. The monoisotopic (exact) mass is 896 g/mol. The lowest BCUT2D eigenvalue weighted by Crippen LogP contribution is -2.67. The zero-order valence-electron chi connectivity index (χ0n) is 34.7. The molecule has 2 aromatic carbocycles. The number of halogens is 1. The number of carbonyl (C=O) groups excluding carboxylic acids is 6. The third-order valence-electron chi connectivity index (χ3n) is 12.1. The van der Waals surface area contributed by atoms with Crippen molar-refractivity contribution < 1.29 is 38.2 Å². The predicted molar refractivity (Wildman–Crippen MR) is 232 cm³/mol. The summed E-state index contributed by atoms with van der Waals surface area (Å²) in [6.07, 6.45) is 3.18. The number of imide groups is 2. The molecule has 7 heterocycles. The first-order valence-corrected chi connectivity index (χ1v) is 22.1. The van der Waals surface area contributed by atoms with Crippen LogP contribution in [-0.4, -0.2) is 136 Å². The van der Waals surface area contributed by atoms with Crippen molar-refractivity contribution in [2.45, 2.75) is 57.6 Å². The van der Waals surface area contributed by atoms with E-state index in [0.29, 0.717) is 77.3 Å². The van der Waals surface area contributed by atoms with E-state index < -0.39 is 35.3 Å². The Morgan fingerprint density at radius 1 is 1.00 bits per heavy atom. The van der Waals surface area contributed by atoms with Gasteiger partial charge in [0.25, 0.3) is 17.7 Å². The number of likely N-dealkylation sites (tertiary alicyclic amines) is 1. The van der Waals surface area contributed by atoms with Gasteiger partial charge in [0, 0.05) is 45.2 Å². The van der Waals surface area contributed by atoms with E-state index >= 15 is 0 Å². The Morgan fingerprint density at radius 2 is 1.78 bits per heavy atom. The summed E-state index contributed by atoms with van der Waals surface area (Å²) >= 11 is 7.51. The average molecular weight is 897 g/mol. The Hall–Kier alpha value is -6.02. The number of benzene rings is 2. The number of ether oxygens (including phenoxy) is 2. The summed E-state index contributed by atoms with van der Waals surface area (Å²) in [5, 5.41) is 9.31. The SMILES string of the molecule is Cc1nc(Nc2ncc(C(=O)Nc3c(C)cccc3Cl)s2)cc(N2CCN(CCOCCC(=O)N3CC4(CCc5cc6c(cc5O4)C(=O)N(C4CCC(=O)NC4=O)C6=O)C3)CC2)n1. The summed E-state index contributed by atoms with van der Waals surface area (Å²) in [4.78, 5) is 97.9. The normalized spacial score (nSPS) is 19.3. The number of para-hydroxylation sites is 1. The first kappa shape index (κ1) is 42.3. The van der Waals surface area contributed by atoms with Gasteiger partial charge < -0.3 is 29.9 Å². The molecule has 5 aliphatic rings. The molecule has 0 saturated carbocycles. The molecule has 4 aromatic rings. The molecule has 20 heteroatoms. The first-order valence-electron chi connectivity index (χ1n) is 20.9. The Morgan fingerprint density at radius 3 is 2.54 bits per heavy atom. The highest BCUT2D eigenvalue weighted by Crippen LogP contribution is 2.42. The second kappa shape index (κ2) is 17.3. The van der Waals surface area contributed by atoms with Crippen molar-refractivity contribution in [3.63, 3.8) is 0 Å². The fourth-order valence-electron chi connectivity index (χ4n) is 8.63. The van der Waals surface area contributed by atoms with Gasteiger partial charge in [-0.2, -0.15) is 0 Å². The van der Waals surface area contributed by atoms with E-state index in [4.69, 9.17) is 21.1 Å². The van der Waals surface area contributed by atoms with Gasteiger partial charge in [-0.15, -0.1) is 0 Å². The molecule has 2 aromatic heterocycles. The van der Waals surface area contributed by atoms with Crippen LogP contribution in [0.4, 0.5) is 22.5 Å². The zero-order chi connectivity index (χ0) is 44.0. The van der Waals surface area contributed by atoms with Crippen molar-refractivity contribution in [1.29, 1.82) is 0 Å². The van der Waals surface area contributed by atoms with Gasteiger partial charge in [-0.3, -0.25) is 43.9 Å². The fraction of sp³-hybridized carbons (Fsp3) is 0.419. The number of hydrogen-bond donors (Lipinski definition) is 3. The van der Waals surface area contributed by atoms with Crippen molar-refractivity contribution in [3.05, 3.63) is 80.6 Å². The molecule has 328 valence electrons. The molecule has 1 unspecified atom stereocenters. The summed E-state index contributed by atoms with van der Waals surface area (Å²) in [6, 6.07) is 9.54. The molecule has 6 amide bonds. The van der Waals surface area contributed by atoms with Gasteiger partial charge in [0.2, 0.25) is 17.7 Å². The van der Waals surface area contributed by atoms with E-state index in [0.717, 1.165) is 54.6 Å². The fourth-order valence-corrected chi connectivity index (χ4v) is 9.62. The number of hydrogen-bond acceptors (Lipinski definition) is 15. The van der Waals surface area contributed by atoms with Crippen LogP contribution in [0.5, 0.6) is 5.75 Å². The molecular weight excluding hydrogens is 852 g/mol. The standard InChI is InChI=1S/C43H45ClN10O8S/c1-24-4-3-5-29(44)37(24)50-39(58)32-21-45-42(63-32)48-33-20-34(47-25(2)46-33)52-13-11-51(12-14-52)15-17-61-16-9-36(56)53-22-43(23-53)10-8-26-18-27-28(19-31(26)62-43)41(60)54(40(27)59)30-6-7-35(55)49-38(30)57/h3-5,18-21,30H,6-17,22-23H2,1-2H3,(H,50,58)(H,49,55,57)(H,45,46,47,48). The quantitative estimate of drug-likeness (QED) is 0.137. The van der Waals surface area contributed by atoms with Crippen LogP contribution >= 0.6 is 22.9 Å². The minimum absolute atomic E-state index is 0.0171. The van der Waals surface area contributed by atoms with Crippen molar-refractivity contribution in [1.82, 2.24) is 35.0 Å². The van der Waals surface area contributed by atoms with Crippen LogP contribution in [0.1, 0.15) is 73.0 Å². The Kier molecular flexibility index (Phi) is 11.6. The molecule has 3 saturated heterocycles. The molecule has 3 fully saturated rings. The van der Waals surface area contributed by atoms with Gasteiger partial charge in [-0.05, 0) is 62.4 Å². The molecule has 18 nitrogen and oxygen atoms in total. The molecule has 63 heavy (non-hydrogen) atoms. The summed E-state index contributed by atoms with van der Waals surface area (Å²) < 4.78 is 12.3. The van der Waals surface area contributed by atoms with Crippen LogP contribution in [0.15, 0.2) is 42.6 Å². The number of piperazine rings is 1. The lowest BCUT2D eigenvalue weighted by molar-refractivity contribution is -0.154. The Bertz CT molecular complexity index is 2520. The van der Waals surface area contributed by atoms with Crippen molar-refractivity contribution >= 4 is 80.8 Å². The van der Waals surface area contributed by atoms with Crippen LogP contribution in [0.2, 0.25) is 5.02 Å². The highest BCUT2D eigenvalue weighted by atomic mass is 35.5. The number of nitrogens with zero attached hydrogens (tertiary/aromatic N) is 7. The smallest absolute Gasteiger partial charge is 0.267 e. The maximum atomic E-state index is 13.3. The van der Waals surface area contributed by atoms with Gasteiger partial charge in [0.05, 0.1) is 60.8 Å². The number of carbonyl (C=O) groups is 6. The van der Waals surface area contributed by atoms with Crippen LogP contribution < -0.4 is 25.6 Å². The van der Waals surface area contributed by atoms with Crippen LogP contribution in [0.3, 0.4) is 0 Å². The van der Waals surface area contributed by atoms with Gasteiger partial charge in [-0.25, -0.2) is 15.0 Å². The zero-order valence-corrected chi connectivity index (χ0v) is 36.3. The van der Waals surface area contributed by atoms with E-state index in [2.05, 4.69) is 40.7 Å². The number of amides is 6. The molecular formula is C43H45ClN10O8S. The van der Waals surface area contributed by atoms with Crippen molar-refractivity contribution in [2.24, 2.45) is 0 Å². The second-order valence-electron chi connectivity index (χ2n) is 16.4. The number of piperidine rings is 1. The Labute approximate surface area is 371 Å². The summed E-state index contributed by atoms with van der Waals surface area (Å²) in [6.45, 7) is 9.24. The van der Waals surface area contributed by atoms with Gasteiger partial charge in [0.1, 0.15) is 39.7 Å². The van der Waals surface area contributed by atoms with Gasteiger partial charge in [0.15, 0.2) is 5.13 Å².